The summed E-state index contributed by atoms with van der Waals surface area (Å²) in [6.45, 7) is 5.72. The van der Waals surface area contributed by atoms with Crippen LogP contribution in [0, 0.1) is 0 Å². The zero-order chi connectivity index (χ0) is 28.6. The summed E-state index contributed by atoms with van der Waals surface area (Å²) in [5.74, 6) is -2.51. The Kier molecular flexibility index (Phi) is 6.91. The molecule has 0 fully saturated rings. The first-order valence-corrected chi connectivity index (χ1v) is 13.3. The molecule has 4 N–H and O–H groups in total. The molecular formula is C25H21N9O4S2. The summed E-state index contributed by atoms with van der Waals surface area (Å²) in [7, 11) is 0. The SMILES string of the molecule is CC(C)(C)c1nn(-c2cc(C(=O)O)cc(C(=O)O)c2)c(N)c1N=Nc1nnc(-c2ccc(-c3nncs3)cc2)s1. The third kappa shape index (κ3) is 5.32. The summed E-state index contributed by atoms with van der Waals surface area (Å²) in [6, 6.07) is 11.3. The number of carbonyl (C=O) groups is 2. The summed E-state index contributed by atoms with van der Waals surface area (Å²) in [5.41, 5.74) is 9.80. The van der Waals surface area contributed by atoms with E-state index in [4.69, 9.17) is 5.73 Å². The van der Waals surface area contributed by atoms with Crippen molar-refractivity contribution in [2.24, 2.45) is 10.2 Å². The Balaban J connectivity index is 1.49. The average molecular weight is 576 g/mol. The van der Waals surface area contributed by atoms with Crippen LogP contribution in [0.3, 0.4) is 0 Å². The van der Waals surface area contributed by atoms with E-state index in [9.17, 15) is 19.8 Å². The molecule has 5 aromatic rings. The average Bonchev–Trinajstić information content (AvgIpc) is 3.68. The van der Waals surface area contributed by atoms with Gasteiger partial charge in [0.25, 0.3) is 5.13 Å². The number of aromatic nitrogens is 6. The molecule has 0 saturated carbocycles. The first-order valence-electron chi connectivity index (χ1n) is 11.6. The van der Waals surface area contributed by atoms with E-state index in [1.807, 2.05) is 45.0 Å². The summed E-state index contributed by atoms with van der Waals surface area (Å²) < 4.78 is 1.26. The lowest BCUT2D eigenvalue weighted by molar-refractivity contribution is 0.0696. The third-order valence-corrected chi connectivity index (χ3v) is 7.25. The minimum atomic E-state index is -1.28. The maximum Gasteiger partial charge on any atom is 0.335 e. The van der Waals surface area contributed by atoms with Crippen LogP contribution in [0.25, 0.3) is 26.8 Å². The monoisotopic (exact) mass is 575 g/mol. The van der Waals surface area contributed by atoms with Crippen LogP contribution < -0.4 is 5.73 Å². The number of rotatable bonds is 7. The third-order valence-electron chi connectivity index (χ3n) is 5.65. The highest BCUT2D eigenvalue weighted by molar-refractivity contribution is 7.18. The van der Waals surface area contributed by atoms with Gasteiger partial charge in [0.05, 0.1) is 22.5 Å². The second-order valence-corrected chi connectivity index (χ2v) is 11.3. The van der Waals surface area contributed by atoms with Gasteiger partial charge in [0.15, 0.2) is 11.5 Å². The molecule has 202 valence electrons. The summed E-state index contributed by atoms with van der Waals surface area (Å²) in [4.78, 5) is 23.2. The van der Waals surface area contributed by atoms with Gasteiger partial charge in [-0.15, -0.1) is 30.6 Å². The van der Waals surface area contributed by atoms with Crippen LogP contribution in [0.1, 0.15) is 47.2 Å². The summed E-state index contributed by atoms with van der Waals surface area (Å²) in [5, 5.41) is 50.1. The quantitative estimate of drug-likeness (QED) is 0.205. The van der Waals surface area contributed by atoms with Crippen molar-refractivity contribution in [3.63, 3.8) is 0 Å². The van der Waals surface area contributed by atoms with Gasteiger partial charge in [0, 0.05) is 16.5 Å². The van der Waals surface area contributed by atoms with E-state index in [-0.39, 0.29) is 33.5 Å². The largest absolute Gasteiger partial charge is 0.478 e. The molecule has 0 bridgehead atoms. The van der Waals surface area contributed by atoms with Crippen molar-refractivity contribution < 1.29 is 19.8 Å². The Hall–Kier alpha value is -4.89. The number of carboxylic acids is 2. The number of benzene rings is 2. The molecule has 2 aromatic carbocycles. The van der Waals surface area contributed by atoms with E-state index in [2.05, 4.69) is 35.7 Å². The van der Waals surface area contributed by atoms with Crippen LogP contribution >= 0.6 is 22.7 Å². The second-order valence-electron chi connectivity index (χ2n) is 9.53. The molecule has 0 aliphatic rings. The fraction of sp³-hybridized carbons (Fsp3) is 0.160. The molecule has 0 atom stereocenters. The Morgan fingerprint density at radius 2 is 1.52 bits per heavy atom. The first-order chi connectivity index (χ1) is 19.0. The molecule has 15 heteroatoms. The van der Waals surface area contributed by atoms with Gasteiger partial charge >= 0.3 is 11.9 Å². The van der Waals surface area contributed by atoms with Crippen molar-refractivity contribution >= 4 is 51.2 Å². The molecule has 0 saturated heterocycles. The molecule has 0 spiro atoms. The van der Waals surface area contributed by atoms with Crippen LogP contribution in [0.5, 0.6) is 0 Å². The molecule has 13 nitrogen and oxygen atoms in total. The number of hydrogen-bond donors (Lipinski definition) is 3. The molecule has 0 aliphatic carbocycles. The number of hydrogen-bond acceptors (Lipinski definition) is 12. The van der Waals surface area contributed by atoms with E-state index in [1.54, 1.807) is 5.51 Å². The van der Waals surface area contributed by atoms with Gasteiger partial charge in [-0.3, -0.25) is 0 Å². The molecule has 0 radical (unpaired) electrons. The molecule has 0 unspecified atom stereocenters. The summed E-state index contributed by atoms with van der Waals surface area (Å²) in [6.07, 6.45) is 0. The molecule has 3 heterocycles. The molecule has 5 rings (SSSR count). The van der Waals surface area contributed by atoms with Crippen molar-refractivity contribution in [3.05, 3.63) is 64.8 Å². The van der Waals surface area contributed by atoms with Gasteiger partial charge in [0.2, 0.25) is 0 Å². The van der Waals surface area contributed by atoms with Crippen molar-refractivity contribution in [2.45, 2.75) is 26.2 Å². The fourth-order valence-corrected chi connectivity index (χ4v) is 4.96. The van der Waals surface area contributed by atoms with Crippen LogP contribution in [0.2, 0.25) is 0 Å². The highest BCUT2D eigenvalue weighted by Gasteiger charge is 2.27. The standard InChI is InChI=1S/C25H21N9O4S2/c1-25(2,3)18-17(19(26)34(33-18)16-9-14(22(35)36)8-15(10-16)23(37)38)28-31-24-32-30-21(40-24)13-6-4-12(5-7-13)20-29-27-11-39-20/h4-11H,26H2,1-3H3,(H,35,36)(H,37,38). The van der Waals surface area contributed by atoms with Crippen molar-refractivity contribution in [1.29, 1.82) is 0 Å². The minimum Gasteiger partial charge on any atom is -0.478 e. The fourth-order valence-electron chi connectivity index (χ4n) is 3.72. The maximum absolute atomic E-state index is 11.6. The van der Waals surface area contributed by atoms with Crippen LogP contribution in [-0.4, -0.2) is 52.3 Å². The van der Waals surface area contributed by atoms with Gasteiger partial charge in [-0.05, 0) is 18.2 Å². The highest BCUT2D eigenvalue weighted by Crippen LogP contribution is 2.39. The van der Waals surface area contributed by atoms with Crippen LogP contribution in [-0.2, 0) is 5.41 Å². The number of nitrogens with zero attached hydrogens (tertiary/aromatic N) is 8. The normalized spacial score (nSPS) is 11.8. The maximum atomic E-state index is 11.6. The van der Waals surface area contributed by atoms with Gasteiger partial charge in [-0.1, -0.05) is 67.7 Å². The van der Waals surface area contributed by atoms with Gasteiger partial charge in [0.1, 0.15) is 15.5 Å². The van der Waals surface area contributed by atoms with Crippen LogP contribution in [0.4, 0.5) is 16.6 Å². The smallest absolute Gasteiger partial charge is 0.335 e. The molecule has 0 aliphatic heterocycles. The van der Waals surface area contributed by atoms with E-state index in [0.29, 0.717) is 10.7 Å². The lowest BCUT2D eigenvalue weighted by Gasteiger charge is -2.15. The number of anilines is 1. The molecule has 40 heavy (non-hydrogen) atoms. The first kappa shape index (κ1) is 26.7. The van der Waals surface area contributed by atoms with Crippen molar-refractivity contribution in [2.75, 3.05) is 5.73 Å². The predicted octanol–water partition coefficient (Wildman–Crippen LogP) is 5.60. The zero-order valence-corrected chi connectivity index (χ0v) is 22.9. The van der Waals surface area contributed by atoms with E-state index in [1.165, 1.54) is 39.5 Å². The Bertz CT molecular complexity index is 1720. The summed E-state index contributed by atoms with van der Waals surface area (Å²) >= 11 is 2.68. The van der Waals surface area contributed by atoms with Gasteiger partial charge in [-0.2, -0.15) is 5.10 Å². The molecule has 0 amide bonds. The van der Waals surface area contributed by atoms with E-state index >= 15 is 0 Å². The lowest BCUT2D eigenvalue weighted by Crippen LogP contribution is -2.13. The van der Waals surface area contributed by atoms with E-state index < -0.39 is 17.4 Å². The molecule has 3 aromatic heterocycles. The molecular weight excluding hydrogens is 554 g/mol. The highest BCUT2D eigenvalue weighted by atomic mass is 32.1. The van der Waals surface area contributed by atoms with Crippen molar-refractivity contribution in [3.8, 4) is 26.8 Å². The lowest BCUT2D eigenvalue weighted by atomic mass is 9.91. The number of aromatic carboxylic acids is 2. The van der Waals surface area contributed by atoms with Crippen LogP contribution in [0.15, 0.2) is 58.2 Å². The number of nitrogen functional groups attached to an aromatic ring is 1. The number of nitrogens with two attached hydrogens (primary N) is 1. The second kappa shape index (κ2) is 10.3. The van der Waals surface area contributed by atoms with E-state index in [0.717, 1.165) is 22.2 Å². The minimum absolute atomic E-state index is 0.0598. The zero-order valence-electron chi connectivity index (χ0n) is 21.3. The van der Waals surface area contributed by atoms with Gasteiger partial charge < -0.3 is 15.9 Å². The Morgan fingerprint density at radius 1 is 0.900 bits per heavy atom. The van der Waals surface area contributed by atoms with Crippen molar-refractivity contribution in [1.82, 2.24) is 30.2 Å². The van der Waals surface area contributed by atoms with Gasteiger partial charge in [-0.25, -0.2) is 14.3 Å². The number of carboxylic acid groups (broad SMARTS) is 2. The Morgan fingerprint density at radius 3 is 2.08 bits per heavy atom. The number of azo groups is 1. The Labute approximate surface area is 234 Å². The topological polar surface area (TPSA) is 195 Å². The predicted molar refractivity (Wildman–Crippen MR) is 149 cm³/mol.